The van der Waals surface area contributed by atoms with Crippen LogP contribution in [-0.2, 0) is 11.3 Å². The van der Waals surface area contributed by atoms with Crippen LogP contribution in [0.3, 0.4) is 0 Å². The van der Waals surface area contributed by atoms with Gasteiger partial charge in [-0.3, -0.25) is 19.6 Å². The third-order valence-electron chi connectivity index (χ3n) is 3.75. The summed E-state index contributed by atoms with van der Waals surface area (Å²) < 4.78 is 1.49. The topological polar surface area (TPSA) is 89.8 Å². The number of benzene rings is 2. The molecule has 0 unspecified atom stereocenters. The summed E-state index contributed by atoms with van der Waals surface area (Å²) in [5.74, 6) is -0.290. The normalized spacial score (nSPS) is 10.8. The van der Waals surface area contributed by atoms with E-state index in [1.54, 1.807) is 24.3 Å². The fraction of sp³-hybridized carbons (Fsp3) is 0.0556. The summed E-state index contributed by atoms with van der Waals surface area (Å²) in [6, 6.07) is 16.7. The van der Waals surface area contributed by atoms with Crippen LogP contribution in [0.5, 0.6) is 0 Å². The van der Waals surface area contributed by atoms with E-state index < -0.39 is 0 Å². The zero-order valence-electron chi connectivity index (χ0n) is 13.5. The molecule has 0 saturated heterocycles. The molecule has 0 aliphatic carbocycles. The van der Waals surface area contributed by atoms with Crippen LogP contribution < -0.4 is 10.7 Å². The largest absolute Gasteiger partial charge is 0.299 e. The van der Waals surface area contributed by atoms with Crippen molar-refractivity contribution < 1.29 is 4.79 Å². The van der Waals surface area contributed by atoms with Crippen molar-refractivity contribution in [3.8, 4) is 10.6 Å². The third kappa shape index (κ3) is 3.22. The van der Waals surface area contributed by atoms with Crippen LogP contribution in [0.1, 0.15) is 0 Å². The zero-order chi connectivity index (χ0) is 17.9. The van der Waals surface area contributed by atoms with Crippen LogP contribution >= 0.6 is 11.3 Å². The highest BCUT2D eigenvalue weighted by Crippen LogP contribution is 2.25. The first-order valence-corrected chi connectivity index (χ1v) is 8.66. The molecule has 8 heteroatoms. The van der Waals surface area contributed by atoms with Gasteiger partial charge in [-0.1, -0.05) is 53.8 Å². The molecule has 0 aliphatic rings. The van der Waals surface area contributed by atoms with Gasteiger partial charge in [-0.2, -0.15) is 5.10 Å². The van der Waals surface area contributed by atoms with Gasteiger partial charge in [0.15, 0.2) is 0 Å². The van der Waals surface area contributed by atoms with Gasteiger partial charge >= 0.3 is 0 Å². The molecule has 2 aromatic heterocycles. The van der Waals surface area contributed by atoms with Crippen LogP contribution in [-0.4, -0.2) is 25.9 Å². The molecule has 4 aromatic rings. The van der Waals surface area contributed by atoms with Crippen molar-refractivity contribution in [2.45, 2.75) is 6.54 Å². The molecule has 0 atom stereocenters. The average Bonchev–Trinajstić information content (AvgIpc) is 3.13. The highest BCUT2D eigenvalue weighted by Gasteiger charge is 2.12. The van der Waals surface area contributed by atoms with Crippen molar-refractivity contribution in [3.63, 3.8) is 0 Å². The van der Waals surface area contributed by atoms with Crippen LogP contribution in [0.2, 0.25) is 0 Å². The lowest BCUT2D eigenvalue weighted by atomic mass is 10.2. The van der Waals surface area contributed by atoms with Crippen molar-refractivity contribution in [1.82, 2.24) is 20.0 Å². The zero-order valence-corrected chi connectivity index (χ0v) is 14.3. The third-order valence-corrected chi connectivity index (χ3v) is 4.64. The number of rotatable bonds is 4. The number of anilines is 1. The first-order valence-electron chi connectivity index (χ1n) is 7.84. The predicted molar refractivity (Wildman–Crippen MR) is 100.0 cm³/mol. The second kappa shape index (κ2) is 6.85. The van der Waals surface area contributed by atoms with E-state index >= 15 is 0 Å². The Labute approximate surface area is 151 Å². The number of carbonyl (C=O) groups is 1. The van der Waals surface area contributed by atoms with E-state index in [0.29, 0.717) is 16.0 Å². The van der Waals surface area contributed by atoms with E-state index in [1.165, 1.54) is 22.2 Å². The summed E-state index contributed by atoms with van der Waals surface area (Å²) in [5.41, 5.74) is 1.38. The molecular formula is C18H13N5O2S. The Morgan fingerprint density at radius 1 is 1.04 bits per heavy atom. The summed E-state index contributed by atoms with van der Waals surface area (Å²) in [5, 5.41) is 16.6. The maximum absolute atomic E-state index is 12.3. The first-order chi connectivity index (χ1) is 12.7. The van der Waals surface area contributed by atoms with Gasteiger partial charge in [0.05, 0.1) is 11.7 Å². The van der Waals surface area contributed by atoms with Gasteiger partial charge in [-0.15, -0.1) is 10.2 Å². The number of nitrogens with zero attached hydrogens (tertiary/aromatic N) is 4. The molecule has 2 heterocycles. The molecule has 4 rings (SSSR count). The van der Waals surface area contributed by atoms with Crippen molar-refractivity contribution in [1.29, 1.82) is 0 Å². The quantitative estimate of drug-likeness (QED) is 0.602. The summed E-state index contributed by atoms with van der Waals surface area (Å²) in [4.78, 5) is 24.2. The minimum atomic E-state index is -0.290. The van der Waals surface area contributed by atoms with E-state index in [9.17, 15) is 9.59 Å². The first kappa shape index (κ1) is 16.1. The molecule has 0 bridgehead atoms. The molecule has 1 N–H and O–H groups in total. The highest BCUT2D eigenvalue weighted by atomic mass is 32.1. The number of carbonyl (C=O) groups excluding carboxylic acids is 1. The number of amides is 1. The minimum absolute atomic E-state index is 0.0267. The molecule has 0 spiro atoms. The number of nitrogens with one attached hydrogen (secondary N) is 1. The Balaban J connectivity index is 1.53. The minimum Gasteiger partial charge on any atom is -0.299 e. The molecule has 7 nitrogen and oxygen atoms in total. The molecule has 0 aliphatic heterocycles. The Hall–Kier alpha value is -3.39. The molecule has 2 aromatic carbocycles. The van der Waals surface area contributed by atoms with E-state index in [0.717, 1.165) is 10.6 Å². The Kier molecular flexibility index (Phi) is 4.24. The Bertz CT molecular complexity index is 1140. The van der Waals surface area contributed by atoms with Crippen molar-refractivity contribution in [3.05, 3.63) is 71.0 Å². The molecular weight excluding hydrogens is 350 g/mol. The highest BCUT2D eigenvalue weighted by molar-refractivity contribution is 7.18. The number of hydrogen-bond acceptors (Lipinski definition) is 6. The van der Waals surface area contributed by atoms with Gasteiger partial charge < -0.3 is 0 Å². The lowest BCUT2D eigenvalue weighted by Gasteiger charge is -2.08. The van der Waals surface area contributed by atoms with E-state index in [-0.39, 0.29) is 17.9 Å². The standard InChI is InChI=1S/C18H13N5O2S/c24-15-10-19-23(14-9-5-4-8-13(14)15)11-16(25)20-18-22-21-17(26-18)12-6-2-1-3-7-12/h1-10H,11H2,(H,20,22,25). The smallest absolute Gasteiger partial charge is 0.247 e. The molecule has 0 fully saturated rings. The summed E-state index contributed by atoms with van der Waals surface area (Å²) in [6.07, 6.45) is 1.22. The number of hydrogen-bond donors (Lipinski definition) is 1. The second-order valence-electron chi connectivity index (χ2n) is 5.51. The summed E-state index contributed by atoms with van der Waals surface area (Å²) >= 11 is 1.30. The SMILES string of the molecule is O=C(Cn1ncc(=O)c2ccccc21)Nc1nnc(-c2ccccc2)s1. The lowest BCUT2D eigenvalue weighted by molar-refractivity contribution is -0.116. The predicted octanol–water partition coefficient (Wildman–Crippen LogP) is 2.55. The molecule has 0 radical (unpaired) electrons. The Morgan fingerprint density at radius 3 is 2.65 bits per heavy atom. The second-order valence-corrected chi connectivity index (χ2v) is 6.49. The molecule has 0 saturated carbocycles. The van der Waals surface area contributed by atoms with Crippen LogP contribution in [0, 0.1) is 0 Å². The maximum atomic E-state index is 12.3. The van der Waals surface area contributed by atoms with Crippen molar-refractivity contribution in [2.24, 2.45) is 0 Å². The van der Waals surface area contributed by atoms with Gasteiger partial charge in [-0.25, -0.2) is 0 Å². The van der Waals surface area contributed by atoms with E-state index in [1.807, 2.05) is 30.3 Å². The molecule has 1 amide bonds. The lowest BCUT2D eigenvalue weighted by Crippen LogP contribution is -2.22. The van der Waals surface area contributed by atoms with Gasteiger partial charge in [-0.05, 0) is 12.1 Å². The molecule has 26 heavy (non-hydrogen) atoms. The van der Waals surface area contributed by atoms with Crippen molar-refractivity contribution in [2.75, 3.05) is 5.32 Å². The Morgan fingerprint density at radius 2 is 1.81 bits per heavy atom. The van der Waals surface area contributed by atoms with Crippen LogP contribution in [0.4, 0.5) is 5.13 Å². The average molecular weight is 363 g/mol. The fourth-order valence-electron chi connectivity index (χ4n) is 2.55. The van der Waals surface area contributed by atoms with E-state index in [2.05, 4.69) is 20.6 Å². The summed E-state index contributed by atoms with van der Waals surface area (Å²) in [6.45, 7) is -0.0267. The number of para-hydroxylation sites is 1. The summed E-state index contributed by atoms with van der Waals surface area (Å²) in [7, 11) is 0. The van der Waals surface area contributed by atoms with Gasteiger partial charge in [0.25, 0.3) is 0 Å². The van der Waals surface area contributed by atoms with Crippen molar-refractivity contribution >= 4 is 33.3 Å². The van der Waals surface area contributed by atoms with E-state index in [4.69, 9.17) is 0 Å². The van der Waals surface area contributed by atoms with Crippen LogP contribution in [0.25, 0.3) is 21.5 Å². The van der Waals surface area contributed by atoms with Gasteiger partial charge in [0, 0.05) is 10.9 Å². The van der Waals surface area contributed by atoms with Gasteiger partial charge in [0.1, 0.15) is 11.6 Å². The van der Waals surface area contributed by atoms with Gasteiger partial charge in [0.2, 0.25) is 16.5 Å². The monoisotopic (exact) mass is 363 g/mol. The number of aromatic nitrogens is 4. The van der Waals surface area contributed by atoms with Crippen LogP contribution in [0.15, 0.2) is 65.6 Å². The fourth-order valence-corrected chi connectivity index (χ4v) is 3.32. The molecule has 128 valence electrons. The number of fused-ring (bicyclic) bond motifs is 1. The maximum Gasteiger partial charge on any atom is 0.247 e.